The molecule has 0 saturated carbocycles. The van der Waals surface area contributed by atoms with Crippen LogP contribution in [0.1, 0.15) is 46.5 Å². The van der Waals surface area contributed by atoms with Crippen LogP contribution in [0.3, 0.4) is 0 Å². The number of aromatic nitrogens is 5. The Morgan fingerprint density at radius 1 is 1.22 bits per heavy atom. The molecule has 5 heterocycles. The van der Waals surface area contributed by atoms with Crippen LogP contribution < -0.4 is 4.90 Å². The molecule has 0 bridgehead atoms. The van der Waals surface area contributed by atoms with Crippen molar-refractivity contribution in [3.63, 3.8) is 0 Å². The fourth-order valence-corrected chi connectivity index (χ4v) is 6.29. The summed E-state index contributed by atoms with van der Waals surface area (Å²) in [7, 11) is 1.84. The second kappa shape index (κ2) is 7.78. The number of anilines is 1. The molecule has 0 spiro atoms. The number of rotatable bonds is 5. The lowest BCUT2D eigenvalue weighted by molar-refractivity contribution is 0.0974. The molecule has 1 saturated heterocycles. The molecular weight excluding hydrogens is 420 g/mol. The van der Waals surface area contributed by atoms with Crippen molar-refractivity contribution < 1.29 is 4.79 Å². The van der Waals surface area contributed by atoms with Crippen molar-refractivity contribution in [3.8, 4) is 11.4 Å². The summed E-state index contributed by atoms with van der Waals surface area (Å²) in [6, 6.07) is 4.06. The first-order valence-corrected chi connectivity index (χ1v) is 12.0. The Bertz CT molecular complexity index is 1310. The van der Waals surface area contributed by atoms with Gasteiger partial charge in [-0.1, -0.05) is 0 Å². The Morgan fingerprint density at radius 3 is 2.97 bits per heavy atom. The largest absolute Gasteiger partial charge is 0.353 e. The molecular formula is C24H24N6OS. The number of pyridine rings is 1. The Labute approximate surface area is 190 Å². The monoisotopic (exact) mass is 444 g/mol. The first-order chi connectivity index (χ1) is 15.7. The number of aryl methyl sites for hydroxylation is 3. The third-order valence-corrected chi connectivity index (χ3v) is 7.75. The molecule has 0 N–H and O–H groups in total. The van der Waals surface area contributed by atoms with Crippen molar-refractivity contribution >= 4 is 33.2 Å². The minimum Gasteiger partial charge on any atom is -0.353 e. The van der Waals surface area contributed by atoms with Crippen LogP contribution in [0.15, 0.2) is 36.9 Å². The zero-order valence-corrected chi connectivity index (χ0v) is 18.8. The van der Waals surface area contributed by atoms with Gasteiger partial charge in [0.2, 0.25) is 0 Å². The highest BCUT2D eigenvalue weighted by atomic mass is 32.1. The number of thiophene rings is 1. The van der Waals surface area contributed by atoms with Crippen LogP contribution in [0.5, 0.6) is 0 Å². The maximum Gasteiger partial charge on any atom is 0.168 e. The molecule has 1 aliphatic heterocycles. The third kappa shape index (κ3) is 3.30. The summed E-state index contributed by atoms with van der Waals surface area (Å²) in [5, 5.41) is 5.37. The molecule has 4 aromatic rings. The standard InChI is InChI=1S/C24H24N6OS/c1-29-14-16(13-26-29)19(31)11-17-6-4-10-30(17)23-21-18-7-2-8-20(18)32-24(21)28-22(27-23)15-5-3-9-25-12-15/h3,5,9,12-14,17H,2,4,6-8,10-11H2,1H3. The van der Waals surface area contributed by atoms with Gasteiger partial charge in [-0.05, 0) is 49.8 Å². The Kier molecular flexibility index (Phi) is 4.75. The quantitative estimate of drug-likeness (QED) is 0.429. The van der Waals surface area contributed by atoms with Crippen LogP contribution in [0.2, 0.25) is 0 Å². The zero-order chi connectivity index (χ0) is 21.7. The van der Waals surface area contributed by atoms with Gasteiger partial charge in [0.1, 0.15) is 10.6 Å². The first kappa shape index (κ1) is 19.5. The van der Waals surface area contributed by atoms with Gasteiger partial charge in [0.05, 0.1) is 17.1 Å². The molecule has 6 rings (SSSR count). The summed E-state index contributed by atoms with van der Waals surface area (Å²) in [6.07, 6.45) is 13.0. The van der Waals surface area contributed by atoms with Crippen LogP contribution in [0.25, 0.3) is 21.6 Å². The Balaban J connectivity index is 1.43. The molecule has 7 nitrogen and oxygen atoms in total. The highest BCUT2D eigenvalue weighted by molar-refractivity contribution is 7.19. The van der Waals surface area contributed by atoms with Gasteiger partial charge in [0.15, 0.2) is 11.6 Å². The lowest BCUT2D eigenvalue weighted by atomic mass is 10.0. The Hall–Kier alpha value is -3.13. The molecule has 8 heteroatoms. The normalized spacial score (nSPS) is 17.9. The predicted molar refractivity (Wildman–Crippen MR) is 125 cm³/mol. The molecule has 1 unspecified atom stereocenters. The number of hydrogen-bond donors (Lipinski definition) is 0. The van der Waals surface area contributed by atoms with Crippen molar-refractivity contribution in [1.82, 2.24) is 24.7 Å². The van der Waals surface area contributed by atoms with Crippen molar-refractivity contribution in [3.05, 3.63) is 52.9 Å². The summed E-state index contributed by atoms with van der Waals surface area (Å²) in [5.41, 5.74) is 3.02. The van der Waals surface area contributed by atoms with E-state index in [0.717, 1.165) is 48.4 Å². The zero-order valence-electron chi connectivity index (χ0n) is 18.0. The molecule has 32 heavy (non-hydrogen) atoms. The maximum absolute atomic E-state index is 13.0. The number of carbonyl (C=O) groups excluding carboxylic acids is 1. The van der Waals surface area contributed by atoms with Crippen molar-refractivity contribution in [2.45, 2.75) is 44.6 Å². The van der Waals surface area contributed by atoms with Crippen molar-refractivity contribution in [2.75, 3.05) is 11.4 Å². The van der Waals surface area contributed by atoms with Gasteiger partial charge in [-0.15, -0.1) is 11.3 Å². The van der Waals surface area contributed by atoms with Gasteiger partial charge < -0.3 is 4.90 Å². The predicted octanol–water partition coefficient (Wildman–Crippen LogP) is 4.22. The fraction of sp³-hybridized carbons (Fsp3) is 0.375. The maximum atomic E-state index is 13.0. The van der Waals surface area contributed by atoms with Crippen LogP contribution in [0, 0.1) is 0 Å². The molecule has 1 aliphatic carbocycles. The lowest BCUT2D eigenvalue weighted by Gasteiger charge is -2.26. The van der Waals surface area contributed by atoms with Gasteiger partial charge in [0.25, 0.3) is 0 Å². The summed E-state index contributed by atoms with van der Waals surface area (Å²) < 4.78 is 1.68. The van der Waals surface area contributed by atoms with E-state index in [1.165, 1.54) is 22.2 Å². The van der Waals surface area contributed by atoms with Gasteiger partial charge in [-0.2, -0.15) is 5.10 Å². The molecule has 0 radical (unpaired) electrons. The number of ketones is 1. The fourth-order valence-electron chi connectivity index (χ4n) is 5.03. The number of Topliss-reactive ketones (excluding diaryl/α,β-unsaturated/α-hetero) is 1. The van der Waals surface area contributed by atoms with Gasteiger partial charge in [-0.3, -0.25) is 14.5 Å². The van der Waals surface area contributed by atoms with E-state index in [-0.39, 0.29) is 11.8 Å². The first-order valence-electron chi connectivity index (χ1n) is 11.2. The van der Waals surface area contributed by atoms with Crippen LogP contribution in [-0.2, 0) is 19.9 Å². The van der Waals surface area contributed by atoms with Gasteiger partial charge in [0, 0.05) is 55.1 Å². The highest BCUT2D eigenvalue weighted by Crippen LogP contribution is 2.43. The van der Waals surface area contributed by atoms with E-state index in [2.05, 4.69) is 15.0 Å². The molecule has 0 aromatic carbocycles. The topological polar surface area (TPSA) is 76.8 Å². The average molecular weight is 445 g/mol. The third-order valence-electron chi connectivity index (χ3n) is 6.56. The molecule has 1 fully saturated rings. The van der Waals surface area contributed by atoms with E-state index < -0.39 is 0 Å². The van der Waals surface area contributed by atoms with E-state index in [1.54, 1.807) is 34.6 Å². The number of fused-ring (bicyclic) bond motifs is 3. The van der Waals surface area contributed by atoms with Crippen LogP contribution in [0.4, 0.5) is 5.82 Å². The summed E-state index contributed by atoms with van der Waals surface area (Å²) in [6.45, 7) is 0.911. The second-order valence-corrected chi connectivity index (χ2v) is 9.75. The second-order valence-electron chi connectivity index (χ2n) is 8.67. The molecule has 4 aromatic heterocycles. The van der Waals surface area contributed by atoms with E-state index in [4.69, 9.17) is 9.97 Å². The van der Waals surface area contributed by atoms with Crippen LogP contribution >= 0.6 is 11.3 Å². The van der Waals surface area contributed by atoms with Gasteiger partial charge >= 0.3 is 0 Å². The lowest BCUT2D eigenvalue weighted by Crippen LogP contribution is -2.32. The van der Waals surface area contributed by atoms with Crippen molar-refractivity contribution in [2.24, 2.45) is 7.05 Å². The van der Waals surface area contributed by atoms with E-state index in [9.17, 15) is 4.79 Å². The van der Waals surface area contributed by atoms with Crippen LogP contribution in [-0.4, -0.2) is 43.1 Å². The number of nitrogens with zero attached hydrogens (tertiary/aromatic N) is 6. The van der Waals surface area contributed by atoms with E-state index >= 15 is 0 Å². The summed E-state index contributed by atoms with van der Waals surface area (Å²) in [4.78, 5) is 32.1. The smallest absolute Gasteiger partial charge is 0.168 e. The number of carbonyl (C=O) groups is 1. The minimum absolute atomic E-state index is 0.138. The Morgan fingerprint density at radius 2 is 2.16 bits per heavy atom. The highest BCUT2D eigenvalue weighted by Gasteiger charge is 2.32. The summed E-state index contributed by atoms with van der Waals surface area (Å²) >= 11 is 1.81. The molecule has 162 valence electrons. The minimum atomic E-state index is 0.138. The van der Waals surface area contributed by atoms with E-state index in [1.807, 2.05) is 25.4 Å². The van der Waals surface area contributed by atoms with E-state index in [0.29, 0.717) is 17.8 Å². The molecule has 2 aliphatic rings. The average Bonchev–Trinajstić information content (AvgIpc) is 3.58. The number of hydrogen-bond acceptors (Lipinski definition) is 7. The molecule has 0 amide bonds. The summed E-state index contributed by atoms with van der Waals surface area (Å²) in [5.74, 6) is 1.85. The SMILES string of the molecule is Cn1cc(C(=O)CC2CCCN2c2nc(-c3cccnc3)nc3sc4c(c23)CCC4)cn1. The van der Waals surface area contributed by atoms with Crippen molar-refractivity contribution in [1.29, 1.82) is 0 Å². The molecule has 1 atom stereocenters. The van der Waals surface area contributed by atoms with Gasteiger partial charge in [-0.25, -0.2) is 9.97 Å².